The predicted molar refractivity (Wildman–Crippen MR) is 113 cm³/mol. The van der Waals surface area contributed by atoms with Crippen molar-refractivity contribution in [3.63, 3.8) is 0 Å². The Bertz CT molecular complexity index is 861. The average molecular weight is 392 g/mol. The first kappa shape index (κ1) is 19.6. The van der Waals surface area contributed by atoms with E-state index < -0.39 is 6.04 Å². The van der Waals surface area contributed by atoms with Crippen LogP contribution in [0.5, 0.6) is 0 Å². The zero-order valence-corrected chi connectivity index (χ0v) is 17.1. The van der Waals surface area contributed by atoms with Gasteiger partial charge in [-0.25, -0.2) is 0 Å². The number of carbonyl (C=O) groups excluding carboxylic acids is 2. The number of nitrogens with zero attached hydrogens (tertiary/aromatic N) is 3. The molecule has 0 bridgehead atoms. The van der Waals surface area contributed by atoms with Crippen LogP contribution in [-0.4, -0.2) is 52.8 Å². The van der Waals surface area contributed by atoms with Gasteiger partial charge in [-0.2, -0.15) is 0 Å². The molecule has 1 aliphatic heterocycles. The number of hydrogen-bond acceptors (Lipinski definition) is 3. The van der Waals surface area contributed by atoms with Crippen LogP contribution in [0.3, 0.4) is 0 Å². The first-order valence-corrected chi connectivity index (χ1v) is 10.7. The van der Waals surface area contributed by atoms with Gasteiger partial charge in [-0.05, 0) is 35.6 Å². The molecule has 1 saturated carbocycles. The van der Waals surface area contributed by atoms with Gasteiger partial charge < -0.3 is 9.80 Å². The van der Waals surface area contributed by atoms with Crippen molar-refractivity contribution in [2.75, 3.05) is 20.1 Å². The summed E-state index contributed by atoms with van der Waals surface area (Å²) in [5.41, 5.74) is 3.20. The van der Waals surface area contributed by atoms with Crippen LogP contribution in [0.2, 0.25) is 0 Å². The van der Waals surface area contributed by atoms with Gasteiger partial charge in [0.1, 0.15) is 6.04 Å². The maximum Gasteiger partial charge on any atom is 0.245 e. The van der Waals surface area contributed by atoms with E-state index in [1.54, 1.807) is 11.1 Å². The molecule has 1 aromatic carbocycles. The van der Waals surface area contributed by atoms with Crippen LogP contribution in [0, 0.1) is 5.92 Å². The van der Waals surface area contributed by atoms with Crippen molar-refractivity contribution in [1.29, 1.82) is 0 Å². The number of benzene rings is 1. The molecule has 1 atom stereocenters. The molecule has 0 N–H and O–H groups in total. The third kappa shape index (κ3) is 4.34. The summed E-state index contributed by atoms with van der Waals surface area (Å²) in [6.07, 6.45) is 9.54. The fraction of sp³-hybridized carbons (Fsp3) is 0.458. The van der Waals surface area contributed by atoms with Gasteiger partial charge in [-0.15, -0.1) is 0 Å². The molecule has 1 aliphatic carbocycles. The Morgan fingerprint density at radius 1 is 1.07 bits per heavy atom. The van der Waals surface area contributed by atoms with Crippen LogP contribution in [0.25, 0.3) is 11.1 Å². The van der Waals surface area contributed by atoms with E-state index in [1.807, 2.05) is 42.4 Å². The maximum absolute atomic E-state index is 13.2. The fourth-order valence-electron chi connectivity index (χ4n) is 4.59. The number of aromatic nitrogens is 1. The predicted octanol–water partition coefficient (Wildman–Crippen LogP) is 3.54. The summed E-state index contributed by atoms with van der Waals surface area (Å²) in [4.78, 5) is 34.1. The minimum Gasteiger partial charge on any atom is -0.342 e. The van der Waals surface area contributed by atoms with Crippen molar-refractivity contribution in [2.45, 2.75) is 44.6 Å². The van der Waals surface area contributed by atoms with E-state index in [9.17, 15) is 9.59 Å². The Morgan fingerprint density at radius 2 is 1.86 bits per heavy atom. The zero-order valence-electron chi connectivity index (χ0n) is 17.1. The fourth-order valence-corrected chi connectivity index (χ4v) is 4.59. The summed E-state index contributed by atoms with van der Waals surface area (Å²) in [6.45, 7) is 1.24. The smallest absolute Gasteiger partial charge is 0.245 e. The van der Waals surface area contributed by atoms with Crippen LogP contribution in [0.4, 0.5) is 0 Å². The number of carbonyl (C=O) groups is 2. The number of likely N-dealkylation sites (N-methyl/N-ethyl adjacent to an activating group) is 1. The van der Waals surface area contributed by atoms with Crippen LogP contribution in [-0.2, 0) is 16.0 Å². The molecule has 0 spiro atoms. The average Bonchev–Trinajstić information content (AvgIpc) is 2.78. The molecule has 2 amide bonds. The lowest BCUT2D eigenvalue weighted by atomic mass is 9.87. The van der Waals surface area contributed by atoms with Gasteiger partial charge in [-0.3, -0.25) is 14.6 Å². The van der Waals surface area contributed by atoms with E-state index >= 15 is 0 Å². The molecule has 0 unspecified atom stereocenters. The van der Waals surface area contributed by atoms with Gasteiger partial charge in [0.15, 0.2) is 0 Å². The molecule has 152 valence electrons. The van der Waals surface area contributed by atoms with E-state index in [-0.39, 0.29) is 17.7 Å². The monoisotopic (exact) mass is 391 g/mol. The highest BCUT2D eigenvalue weighted by atomic mass is 16.2. The Labute approximate surface area is 172 Å². The van der Waals surface area contributed by atoms with Crippen molar-refractivity contribution in [2.24, 2.45) is 5.92 Å². The zero-order chi connectivity index (χ0) is 20.2. The van der Waals surface area contributed by atoms with E-state index in [0.29, 0.717) is 19.5 Å². The molecule has 29 heavy (non-hydrogen) atoms. The second-order valence-electron chi connectivity index (χ2n) is 8.29. The van der Waals surface area contributed by atoms with Crippen molar-refractivity contribution in [3.8, 4) is 11.1 Å². The van der Waals surface area contributed by atoms with Gasteiger partial charge in [0, 0.05) is 44.9 Å². The van der Waals surface area contributed by atoms with Crippen LogP contribution in [0.15, 0.2) is 48.8 Å². The number of piperazine rings is 1. The topological polar surface area (TPSA) is 53.5 Å². The molecule has 2 aliphatic rings. The second-order valence-corrected chi connectivity index (χ2v) is 8.29. The number of rotatable bonds is 4. The molecule has 2 aromatic rings. The van der Waals surface area contributed by atoms with Gasteiger partial charge in [0.05, 0.1) is 0 Å². The summed E-state index contributed by atoms with van der Waals surface area (Å²) in [5, 5.41) is 0. The van der Waals surface area contributed by atoms with E-state index in [0.717, 1.165) is 42.4 Å². The summed E-state index contributed by atoms with van der Waals surface area (Å²) >= 11 is 0. The summed E-state index contributed by atoms with van der Waals surface area (Å²) in [6, 6.07) is 11.8. The Kier molecular flexibility index (Phi) is 5.93. The summed E-state index contributed by atoms with van der Waals surface area (Å²) in [7, 11) is 1.84. The number of hydrogen-bond donors (Lipinski definition) is 0. The van der Waals surface area contributed by atoms with Crippen molar-refractivity contribution >= 4 is 11.8 Å². The van der Waals surface area contributed by atoms with Crippen molar-refractivity contribution in [1.82, 2.24) is 14.8 Å². The quantitative estimate of drug-likeness (QED) is 0.801. The minimum atomic E-state index is -0.410. The second kappa shape index (κ2) is 8.76. The lowest BCUT2D eigenvalue weighted by Gasteiger charge is -2.41. The highest BCUT2D eigenvalue weighted by Crippen LogP contribution is 2.28. The molecular weight excluding hydrogens is 362 g/mol. The van der Waals surface area contributed by atoms with Crippen molar-refractivity contribution in [3.05, 3.63) is 54.4 Å². The normalized spacial score (nSPS) is 20.7. The molecule has 0 radical (unpaired) electrons. The van der Waals surface area contributed by atoms with Gasteiger partial charge in [0.25, 0.3) is 0 Å². The SMILES string of the molecule is CN1CCN(C(=O)C2CCCCC2)[C@@H](Cc2cccc(-c3cccnc3)c2)C1=O. The minimum absolute atomic E-state index is 0.0483. The lowest BCUT2D eigenvalue weighted by Crippen LogP contribution is -2.59. The summed E-state index contributed by atoms with van der Waals surface area (Å²) in [5.74, 6) is 0.316. The number of pyridine rings is 1. The molecule has 2 heterocycles. The van der Waals surface area contributed by atoms with Crippen LogP contribution >= 0.6 is 0 Å². The number of amides is 2. The van der Waals surface area contributed by atoms with E-state index in [1.165, 1.54) is 6.42 Å². The third-order valence-corrected chi connectivity index (χ3v) is 6.30. The highest BCUT2D eigenvalue weighted by Gasteiger charge is 2.38. The largest absolute Gasteiger partial charge is 0.342 e. The summed E-state index contributed by atoms with van der Waals surface area (Å²) < 4.78 is 0. The third-order valence-electron chi connectivity index (χ3n) is 6.30. The van der Waals surface area contributed by atoms with Crippen LogP contribution < -0.4 is 0 Å². The Morgan fingerprint density at radius 3 is 2.62 bits per heavy atom. The molecule has 5 nitrogen and oxygen atoms in total. The molecule has 2 fully saturated rings. The van der Waals surface area contributed by atoms with E-state index in [4.69, 9.17) is 0 Å². The van der Waals surface area contributed by atoms with E-state index in [2.05, 4.69) is 17.1 Å². The standard InChI is InChI=1S/C24H29N3O2/c1-26-13-14-27(23(28)19-8-3-2-4-9-19)22(24(26)29)16-18-7-5-10-20(15-18)21-11-6-12-25-17-21/h5-7,10-12,15,17,19,22H,2-4,8-9,13-14,16H2,1H3/t22-/m0/s1. The molecule has 1 saturated heterocycles. The first-order valence-electron chi connectivity index (χ1n) is 10.7. The molecule has 1 aromatic heterocycles. The van der Waals surface area contributed by atoms with Crippen LogP contribution in [0.1, 0.15) is 37.7 Å². The molecule has 5 heteroatoms. The maximum atomic E-state index is 13.2. The van der Waals surface area contributed by atoms with Gasteiger partial charge in [-0.1, -0.05) is 49.6 Å². The highest BCUT2D eigenvalue weighted by molar-refractivity contribution is 5.90. The lowest BCUT2D eigenvalue weighted by molar-refractivity contribution is -0.153. The Hall–Kier alpha value is -2.69. The van der Waals surface area contributed by atoms with Crippen molar-refractivity contribution < 1.29 is 9.59 Å². The molecular formula is C24H29N3O2. The first-order chi connectivity index (χ1) is 14.1. The Balaban J connectivity index is 1.57. The van der Waals surface area contributed by atoms with Gasteiger partial charge >= 0.3 is 0 Å². The molecule has 4 rings (SSSR count). The van der Waals surface area contributed by atoms with Gasteiger partial charge in [0.2, 0.25) is 11.8 Å².